The molecule has 1 aliphatic heterocycles. The van der Waals surface area contributed by atoms with Crippen molar-refractivity contribution in [2.45, 2.75) is 27.3 Å². The maximum atomic E-state index is 12.7. The van der Waals surface area contributed by atoms with Crippen molar-refractivity contribution >= 4 is 17.5 Å². The first-order chi connectivity index (χ1) is 13.4. The Morgan fingerprint density at radius 3 is 2.61 bits per heavy atom. The minimum absolute atomic E-state index is 0.196. The second kappa shape index (κ2) is 8.21. The van der Waals surface area contributed by atoms with Crippen LogP contribution in [0.5, 0.6) is 17.2 Å². The van der Waals surface area contributed by atoms with E-state index in [1.807, 2.05) is 25.1 Å². The lowest BCUT2D eigenvalue weighted by molar-refractivity contribution is -0.138. The highest BCUT2D eigenvalue weighted by Crippen LogP contribution is 2.32. The van der Waals surface area contributed by atoms with Gasteiger partial charge in [0.25, 0.3) is 0 Å². The van der Waals surface area contributed by atoms with E-state index in [-0.39, 0.29) is 19.2 Å². The molecule has 0 atom stereocenters. The summed E-state index contributed by atoms with van der Waals surface area (Å²) in [5.74, 6) is 1.10. The molecule has 0 radical (unpaired) electrons. The van der Waals surface area contributed by atoms with Crippen LogP contribution in [0.4, 0.5) is 5.69 Å². The molecule has 0 aromatic heterocycles. The van der Waals surface area contributed by atoms with E-state index in [4.69, 9.17) is 14.2 Å². The molecular formula is C21H24N2O5. The Morgan fingerprint density at radius 1 is 1.07 bits per heavy atom. The van der Waals surface area contributed by atoms with Crippen LogP contribution in [0, 0.1) is 5.41 Å². The minimum Gasteiger partial charge on any atom is -0.492 e. The fourth-order valence-corrected chi connectivity index (χ4v) is 2.69. The summed E-state index contributed by atoms with van der Waals surface area (Å²) < 4.78 is 16.1. The van der Waals surface area contributed by atoms with Crippen molar-refractivity contribution in [3.63, 3.8) is 0 Å². The van der Waals surface area contributed by atoms with Crippen molar-refractivity contribution in [2.24, 2.45) is 5.41 Å². The van der Waals surface area contributed by atoms with Crippen LogP contribution in [-0.4, -0.2) is 25.2 Å². The van der Waals surface area contributed by atoms with Crippen molar-refractivity contribution < 1.29 is 23.8 Å². The molecule has 0 saturated heterocycles. The smallest absolute Gasteiger partial charge is 0.239 e. The molecule has 0 unspecified atom stereocenters. The molecule has 2 N–H and O–H groups in total. The normalized spacial score (nSPS) is 12.4. The van der Waals surface area contributed by atoms with Gasteiger partial charge in [0.1, 0.15) is 11.2 Å². The summed E-state index contributed by atoms with van der Waals surface area (Å²) in [6.45, 7) is 5.99. The number of fused-ring (bicyclic) bond motifs is 1. The first-order valence-electron chi connectivity index (χ1n) is 9.12. The van der Waals surface area contributed by atoms with Crippen LogP contribution in [0.15, 0.2) is 42.5 Å². The highest BCUT2D eigenvalue weighted by molar-refractivity contribution is 6.10. The molecule has 3 rings (SSSR count). The summed E-state index contributed by atoms with van der Waals surface area (Å²) in [6, 6.07) is 12.6. The molecule has 1 heterocycles. The lowest BCUT2D eigenvalue weighted by Gasteiger charge is -2.23. The number of amides is 2. The molecule has 28 heavy (non-hydrogen) atoms. The van der Waals surface area contributed by atoms with Gasteiger partial charge in [0.05, 0.1) is 12.3 Å². The number of anilines is 1. The number of nitrogens with one attached hydrogen (secondary N) is 2. The molecule has 2 amide bonds. The Bertz CT molecular complexity index is 879. The average molecular weight is 384 g/mol. The number of hydrogen-bond acceptors (Lipinski definition) is 5. The Hall–Kier alpha value is -3.22. The molecule has 0 bridgehead atoms. The van der Waals surface area contributed by atoms with Crippen molar-refractivity contribution in [3.8, 4) is 17.2 Å². The number of para-hydroxylation sites is 2. The molecule has 7 heteroatoms. The van der Waals surface area contributed by atoms with Crippen LogP contribution in [-0.2, 0) is 16.1 Å². The number of ether oxygens (including phenoxy) is 3. The maximum absolute atomic E-state index is 12.7. The monoisotopic (exact) mass is 384 g/mol. The van der Waals surface area contributed by atoms with Gasteiger partial charge in [-0.15, -0.1) is 0 Å². The zero-order valence-corrected chi connectivity index (χ0v) is 16.2. The van der Waals surface area contributed by atoms with Crippen LogP contribution in [0.3, 0.4) is 0 Å². The summed E-state index contributed by atoms with van der Waals surface area (Å²) in [7, 11) is 0. The highest BCUT2D eigenvalue weighted by Gasteiger charge is 2.36. The topological polar surface area (TPSA) is 85.9 Å². The van der Waals surface area contributed by atoms with Gasteiger partial charge < -0.3 is 24.8 Å². The fraction of sp³-hybridized carbons (Fsp3) is 0.333. The molecule has 0 saturated carbocycles. The van der Waals surface area contributed by atoms with Gasteiger partial charge in [-0.1, -0.05) is 18.2 Å². The number of carbonyl (C=O) groups excluding carboxylic acids is 2. The van der Waals surface area contributed by atoms with Crippen LogP contribution in [0.25, 0.3) is 0 Å². The van der Waals surface area contributed by atoms with Gasteiger partial charge >= 0.3 is 0 Å². The van der Waals surface area contributed by atoms with Crippen molar-refractivity contribution in [2.75, 3.05) is 18.7 Å². The SMILES string of the molecule is CCOc1ccccc1NC(=O)C(C)(C)C(=O)NCc1ccc2c(c1)OCO2. The molecule has 0 aliphatic carbocycles. The van der Waals surface area contributed by atoms with Gasteiger partial charge in [0, 0.05) is 6.54 Å². The first kappa shape index (κ1) is 19.5. The summed E-state index contributed by atoms with van der Waals surface area (Å²) >= 11 is 0. The van der Waals surface area contributed by atoms with E-state index in [1.165, 1.54) is 0 Å². The standard InChI is InChI=1S/C21H24N2O5/c1-4-26-16-8-6-5-7-15(16)23-20(25)21(2,3)19(24)22-12-14-9-10-17-18(11-14)28-13-27-17/h5-11H,4,12-13H2,1-3H3,(H,22,24)(H,23,25). The third kappa shape index (κ3) is 4.19. The van der Waals surface area contributed by atoms with Gasteiger partial charge in [-0.25, -0.2) is 0 Å². The predicted molar refractivity (Wildman–Crippen MR) is 104 cm³/mol. The van der Waals surface area contributed by atoms with Gasteiger partial charge in [-0.05, 0) is 50.6 Å². The zero-order valence-electron chi connectivity index (χ0n) is 16.2. The van der Waals surface area contributed by atoms with E-state index < -0.39 is 11.3 Å². The molecule has 148 valence electrons. The van der Waals surface area contributed by atoms with Crippen LogP contribution in [0.1, 0.15) is 26.3 Å². The summed E-state index contributed by atoms with van der Waals surface area (Å²) in [4.78, 5) is 25.4. The van der Waals surface area contributed by atoms with Crippen LogP contribution in [0.2, 0.25) is 0 Å². The number of hydrogen-bond donors (Lipinski definition) is 2. The molecular weight excluding hydrogens is 360 g/mol. The molecule has 1 aliphatic rings. The molecule has 2 aromatic carbocycles. The zero-order chi connectivity index (χ0) is 20.1. The van der Waals surface area contributed by atoms with E-state index in [9.17, 15) is 9.59 Å². The highest BCUT2D eigenvalue weighted by atomic mass is 16.7. The number of benzene rings is 2. The van der Waals surface area contributed by atoms with Gasteiger partial charge in [0.2, 0.25) is 18.6 Å². The third-order valence-corrected chi connectivity index (χ3v) is 4.46. The lowest BCUT2D eigenvalue weighted by Crippen LogP contribution is -2.44. The van der Waals surface area contributed by atoms with Gasteiger partial charge in [-0.2, -0.15) is 0 Å². The summed E-state index contributed by atoms with van der Waals surface area (Å²) in [5.41, 5.74) is 0.122. The predicted octanol–water partition coefficient (Wildman–Crippen LogP) is 3.10. The Morgan fingerprint density at radius 2 is 1.82 bits per heavy atom. The Kier molecular flexibility index (Phi) is 5.73. The van der Waals surface area contributed by atoms with E-state index in [1.54, 1.807) is 38.1 Å². The van der Waals surface area contributed by atoms with Crippen LogP contribution >= 0.6 is 0 Å². The second-order valence-corrected chi connectivity index (χ2v) is 6.88. The van der Waals surface area contributed by atoms with Crippen molar-refractivity contribution in [1.82, 2.24) is 5.32 Å². The number of carbonyl (C=O) groups is 2. The average Bonchev–Trinajstić information content (AvgIpc) is 3.15. The quantitative estimate of drug-likeness (QED) is 0.717. The summed E-state index contributed by atoms with van der Waals surface area (Å²) in [5, 5.41) is 5.60. The fourth-order valence-electron chi connectivity index (χ4n) is 2.69. The van der Waals surface area contributed by atoms with E-state index in [0.29, 0.717) is 29.5 Å². The second-order valence-electron chi connectivity index (χ2n) is 6.88. The van der Waals surface area contributed by atoms with Gasteiger partial charge in [0.15, 0.2) is 11.5 Å². The Labute approximate surface area is 164 Å². The Balaban J connectivity index is 1.63. The molecule has 0 fully saturated rings. The molecule has 7 nitrogen and oxygen atoms in total. The number of rotatable bonds is 7. The minimum atomic E-state index is -1.27. The van der Waals surface area contributed by atoms with E-state index in [0.717, 1.165) is 5.56 Å². The molecule has 0 spiro atoms. The van der Waals surface area contributed by atoms with E-state index in [2.05, 4.69) is 10.6 Å². The van der Waals surface area contributed by atoms with Crippen molar-refractivity contribution in [3.05, 3.63) is 48.0 Å². The van der Waals surface area contributed by atoms with Crippen LogP contribution < -0.4 is 24.8 Å². The lowest BCUT2D eigenvalue weighted by atomic mass is 9.90. The third-order valence-electron chi connectivity index (χ3n) is 4.46. The molecule has 2 aromatic rings. The van der Waals surface area contributed by atoms with Crippen molar-refractivity contribution in [1.29, 1.82) is 0 Å². The first-order valence-corrected chi connectivity index (χ1v) is 9.12. The largest absolute Gasteiger partial charge is 0.492 e. The van der Waals surface area contributed by atoms with E-state index >= 15 is 0 Å². The maximum Gasteiger partial charge on any atom is 0.239 e. The summed E-state index contributed by atoms with van der Waals surface area (Å²) in [6.07, 6.45) is 0. The van der Waals surface area contributed by atoms with Gasteiger partial charge in [-0.3, -0.25) is 9.59 Å².